The molecule has 0 heterocycles. The van der Waals surface area contributed by atoms with Crippen molar-refractivity contribution in [3.8, 4) is 0 Å². The molecule has 0 radical (unpaired) electrons. The van der Waals surface area contributed by atoms with E-state index in [1.807, 2.05) is 13.8 Å². The summed E-state index contributed by atoms with van der Waals surface area (Å²) < 4.78 is 0. The largest absolute Gasteiger partial charge is 0.478 e. The van der Waals surface area contributed by atoms with Gasteiger partial charge in [0.1, 0.15) is 5.78 Å². The fourth-order valence-electron chi connectivity index (χ4n) is 1.16. The summed E-state index contributed by atoms with van der Waals surface area (Å²) in [6.07, 6.45) is 0.722. The van der Waals surface area contributed by atoms with E-state index in [1.54, 1.807) is 37.3 Å². The van der Waals surface area contributed by atoms with E-state index in [9.17, 15) is 9.59 Å². The molecule has 88 valence electrons. The molecule has 1 N–H and O–H groups in total. The number of carbonyl (C=O) groups excluding carboxylic acids is 1. The van der Waals surface area contributed by atoms with E-state index in [0.29, 0.717) is 11.5 Å². The monoisotopic (exact) mass is 222 g/mol. The fourth-order valence-corrected chi connectivity index (χ4v) is 1.16. The Morgan fingerprint density at radius 1 is 1.19 bits per heavy atom. The van der Waals surface area contributed by atoms with Crippen molar-refractivity contribution in [2.75, 3.05) is 0 Å². The molecule has 1 rings (SSSR count). The summed E-state index contributed by atoms with van der Waals surface area (Å²) in [6.45, 7) is 5.71. The Hall–Kier alpha value is -1.64. The number of aromatic carboxylic acids is 1. The highest BCUT2D eigenvalue weighted by Crippen LogP contribution is 1.98. The number of ketones is 1. The van der Waals surface area contributed by atoms with E-state index in [-0.39, 0.29) is 5.78 Å². The maximum atomic E-state index is 10.3. The van der Waals surface area contributed by atoms with Gasteiger partial charge in [-0.25, -0.2) is 4.79 Å². The van der Waals surface area contributed by atoms with Crippen LogP contribution >= 0.6 is 0 Å². The second-order valence-electron chi connectivity index (χ2n) is 3.97. The minimum atomic E-state index is -0.879. The van der Waals surface area contributed by atoms with Gasteiger partial charge in [0.25, 0.3) is 0 Å². The normalized spacial score (nSPS) is 9.25. The van der Waals surface area contributed by atoms with Gasteiger partial charge in [0.05, 0.1) is 5.56 Å². The van der Waals surface area contributed by atoms with Gasteiger partial charge in [-0.05, 0) is 25.0 Å². The molecular formula is C13H18O3. The smallest absolute Gasteiger partial charge is 0.335 e. The molecule has 0 aliphatic carbocycles. The third-order valence-corrected chi connectivity index (χ3v) is 1.72. The third kappa shape index (κ3) is 7.74. The van der Waals surface area contributed by atoms with Crippen LogP contribution in [0.2, 0.25) is 0 Å². The third-order valence-electron chi connectivity index (χ3n) is 1.72. The second-order valence-corrected chi connectivity index (χ2v) is 3.97. The first-order chi connectivity index (χ1) is 7.43. The van der Waals surface area contributed by atoms with Crippen LogP contribution in [0.3, 0.4) is 0 Å². The lowest BCUT2D eigenvalue weighted by Crippen LogP contribution is -1.95. The van der Waals surface area contributed by atoms with Crippen molar-refractivity contribution in [3.05, 3.63) is 35.9 Å². The van der Waals surface area contributed by atoms with Crippen molar-refractivity contribution in [2.45, 2.75) is 27.2 Å². The van der Waals surface area contributed by atoms with Gasteiger partial charge in [0.15, 0.2) is 0 Å². The molecule has 0 aliphatic rings. The Bertz CT molecular complexity index is 328. The Morgan fingerprint density at radius 2 is 1.69 bits per heavy atom. The maximum absolute atomic E-state index is 10.3. The first-order valence-corrected chi connectivity index (χ1v) is 5.21. The number of carbonyl (C=O) groups is 2. The molecule has 0 bridgehead atoms. The van der Waals surface area contributed by atoms with Crippen LogP contribution in [0.1, 0.15) is 37.6 Å². The topological polar surface area (TPSA) is 54.4 Å². The summed E-state index contributed by atoms with van der Waals surface area (Å²) in [5, 5.41) is 8.38. The number of Topliss-reactive ketones (excluding diaryl/α,β-unsaturated/α-hetero) is 1. The first-order valence-electron chi connectivity index (χ1n) is 5.21. The Kier molecular flexibility index (Phi) is 6.84. The molecule has 0 aliphatic heterocycles. The molecule has 0 atom stereocenters. The van der Waals surface area contributed by atoms with Crippen LogP contribution in [-0.2, 0) is 4.79 Å². The lowest BCUT2D eigenvalue weighted by molar-refractivity contribution is -0.117. The van der Waals surface area contributed by atoms with E-state index in [2.05, 4.69) is 0 Å². The number of carboxylic acid groups (broad SMARTS) is 1. The molecule has 16 heavy (non-hydrogen) atoms. The van der Waals surface area contributed by atoms with Crippen molar-refractivity contribution < 1.29 is 14.7 Å². The van der Waals surface area contributed by atoms with E-state index in [1.165, 1.54) is 0 Å². The predicted octanol–water partition coefficient (Wildman–Crippen LogP) is 3.01. The summed E-state index contributed by atoms with van der Waals surface area (Å²) in [6, 6.07) is 8.30. The van der Waals surface area contributed by atoms with Crippen molar-refractivity contribution in [1.82, 2.24) is 0 Å². The number of benzene rings is 1. The van der Waals surface area contributed by atoms with Crippen molar-refractivity contribution in [1.29, 1.82) is 0 Å². The SMILES string of the molecule is CC(=O)CC(C)C.O=C(O)c1ccccc1. The zero-order chi connectivity index (χ0) is 12.6. The predicted molar refractivity (Wildman–Crippen MR) is 63.5 cm³/mol. The van der Waals surface area contributed by atoms with Crippen LogP contribution in [0.5, 0.6) is 0 Å². The molecule has 0 aromatic heterocycles. The van der Waals surface area contributed by atoms with Gasteiger partial charge >= 0.3 is 5.97 Å². The van der Waals surface area contributed by atoms with Crippen LogP contribution in [0.15, 0.2) is 30.3 Å². The molecule has 0 fully saturated rings. The Balaban J connectivity index is 0.000000293. The molecule has 3 nitrogen and oxygen atoms in total. The van der Waals surface area contributed by atoms with E-state index >= 15 is 0 Å². The van der Waals surface area contributed by atoms with Crippen LogP contribution in [0.4, 0.5) is 0 Å². The van der Waals surface area contributed by atoms with Gasteiger partial charge in [0.2, 0.25) is 0 Å². The minimum absolute atomic E-state index is 0.287. The highest BCUT2D eigenvalue weighted by molar-refractivity contribution is 5.87. The lowest BCUT2D eigenvalue weighted by atomic mass is 10.1. The van der Waals surface area contributed by atoms with Crippen LogP contribution in [0, 0.1) is 5.92 Å². The van der Waals surface area contributed by atoms with Gasteiger partial charge < -0.3 is 9.90 Å². The van der Waals surface area contributed by atoms with Gasteiger partial charge in [-0.2, -0.15) is 0 Å². The van der Waals surface area contributed by atoms with Crippen molar-refractivity contribution in [2.24, 2.45) is 5.92 Å². The number of carboxylic acids is 1. The van der Waals surface area contributed by atoms with E-state index in [4.69, 9.17) is 5.11 Å². The molecule has 0 saturated heterocycles. The van der Waals surface area contributed by atoms with E-state index in [0.717, 1.165) is 6.42 Å². The van der Waals surface area contributed by atoms with Crippen LogP contribution in [-0.4, -0.2) is 16.9 Å². The molecule has 3 heteroatoms. The number of hydrogen-bond acceptors (Lipinski definition) is 2. The quantitative estimate of drug-likeness (QED) is 0.855. The molecule has 0 unspecified atom stereocenters. The van der Waals surface area contributed by atoms with Crippen LogP contribution < -0.4 is 0 Å². The lowest BCUT2D eigenvalue weighted by Gasteiger charge is -1.95. The zero-order valence-electron chi connectivity index (χ0n) is 9.93. The molecular weight excluding hydrogens is 204 g/mol. The zero-order valence-corrected chi connectivity index (χ0v) is 9.93. The standard InChI is InChI=1S/C7H6O2.C6H12O/c8-7(9)6-4-2-1-3-5-6;1-5(2)4-6(3)7/h1-5H,(H,8,9);5H,4H2,1-3H3. The average Bonchev–Trinajstić information content (AvgIpc) is 2.17. The summed E-state index contributed by atoms with van der Waals surface area (Å²) in [5.74, 6) is -0.0666. The minimum Gasteiger partial charge on any atom is -0.478 e. The van der Waals surface area contributed by atoms with E-state index < -0.39 is 5.97 Å². The average molecular weight is 222 g/mol. The first kappa shape index (κ1) is 14.4. The summed E-state index contributed by atoms with van der Waals surface area (Å²) in [5.41, 5.74) is 0.331. The highest BCUT2D eigenvalue weighted by atomic mass is 16.4. The Morgan fingerprint density at radius 3 is 1.88 bits per heavy atom. The second kappa shape index (κ2) is 7.63. The fraction of sp³-hybridized carbons (Fsp3) is 0.385. The molecule has 0 amide bonds. The summed E-state index contributed by atoms with van der Waals surface area (Å²) in [7, 11) is 0. The maximum Gasteiger partial charge on any atom is 0.335 e. The van der Waals surface area contributed by atoms with Crippen molar-refractivity contribution >= 4 is 11.8 Å². The molecule has 0 saturated carbocycles. The van der Waals surface area contributed by atoms with Crippen molar-refractivity contribution in [3.63, 3.8) is 0 Å². The van der Waals surface area contributed by atoms with Gasteiger partial charge in [-0.3, -0.25) is 0 Å². The van der Waals surface area contributed by atoms with Gasteiger partial charge in [-0.15, -0.1) is 0 Å². The summed E-state index contributed by atoms with van der Waals surface area (Å²) >= 11 is 0. The Labute approximate surface area is 96.1 Å². The number of hydrogen-bond donors (Lipinski definition) is 1. The highest BCUT2D eigenvalue weighted by Gasteiger charge is 1.96. The molecule has 1 aromatic rings. The van der Waals surface area contributed by atoms with Gasteiger partial charge in [-0.1, -0.05) is 32.0 Å². The van der Waals surface area contributed by atoms with Gasteiger partial charge in [0, 0.05) is 6.42 Å². The number of rotatable bonds is 3. The van der Waals surface area contributed by atoms with Crippen LogP contribution in [0.25, 0.3) is 0 Å². The summed E-state index contributed by atoms with van der Waals surface area (Å²) in [4.78, 5) is 20.5. The molecule has 1 aromatic carbocycles. The molecule has 0 spiro atoms.